The molecule has 0 heterocycles. The van der Waals surface area contributed by atoms with Crippen molar-refractivity contribution in [1.29, 1.82) is 5.26 Å². The molecule has 0 amide bonds. The zero-order valence-electron chi connectivity index (χ0n) is 11.5. The van der Waals surface area contributed by atoms with Gasteiger partial charge in [0.2, 0.25) is 0 Å². The van der Waals surface area contributed by atoms with Gasteiger partial charge in [0.1, 0.15) is 5.92 Å². The van der Waals surface area contributed by atoms with Gasteiger partial charge in [-0.1, -0.05) is 30.3 Å². The van der Waals surface area contributed by atoms with E-state index in [-0.39, 0.29) is 5.41 Å². The Labute approximate surface area is 119 Å². The molecule has 3 heteroatoms. The molecule has 1 N–H and O–H groups in total. The van der Waals surface area contributed by atoms with Crippen LogP contribution in [0.4, 0.5) is 0 Å². The van der Waals surface area contributed by atoms with Crippen LogP contribution in [0, 0.1) is 34.5 Å². The highest BCUT2D eigenvalue weighted by molar-refractivity contribution is 5.74. The van der Waals surface area contributed by atoms with Crippen LogP contribution >= 0.6 is 0 Å². The summed E-state index contributed by atoms with van der Waals surface area (Å²) in [4.78, 5) is 11.5. The summed E-state index contributed by atoms with van der Waals surface area (Å²) in [6, 6.07) is 12.1. The van der Waals surface area contributed by atoms with Crippen LogP contribution in [-0.2, 0) is 11.2 Å². The summed E-state index contributed by atoms with van der Waals surface area (Å²) in [6.07, 6.45) is 4.93. The van der Waals surface area contributed by atoms with E-state index < -0.39 is 11.9 Å². The maximum absolute atomic E-state index is 11.5. The van der Waals surface area contributed by atoms with Gasteiger partial charge < -0.3 is 5.11 Å². The summed E-state index contributed by atoms with van der Waals surface area (Å²) in [5.41, 5.74) is 0.781. The second-order valence-electron chi connectivity index (χ2n) is 6.43. The Bertz CT molecular complexity index is 534. The van der Waals surface area contributed by atoms with Crippen molar-refractivity contribution in [2.75, 3.05) is 0 Å². The fourth-order valence-corrected chi connectivity index (χ4v) is 4.24. The lowest BCUT2D eigenvalue weighted by Crippen LogP contribution is -2.35. The molecule has 2 fully saturated rings. The van der Waals surface area contributed by atoms with Crippen LogP contribution in [0.25, 0.3) is 0 Å². The van der Waals surface area contributed by atoms with Gasteiger partial charge in [-0.15, -0.1) is 0 Å². The quantitative estimate of drug-likeness (QED) is 0.912. The minimum atomic E-state index is -0.954. The van der Waals surface area contributed by atoms with Gasteiger partial charge in [-0.2, -0.15) is 5.26 Å². The topological polar surface area (TPSA) is 61.1 Å². The lowest BCUT2D eigenvalue weighted by Gasteiger charge is -2.31. The SMILES string of the molecule is N#CC(C(=O)O)[C@@]1(Cc2ccccc2)C[C@H]2CC[C@H]2C1. The number of carboxylic acid groups (broad SMARTS) is 1. The second-order valence-corrected chi connectivity index (χ2v) is 6.43. The molecule has 0 radical (unpaired) electrons. The molecule has 0 saturated heterocycles. The molecule has 0 bridgehead atoms. The fraction of sp³-hybridized carbons (Fsp3) is 0.529. The first-order valence-corrected chi connectivity index (χ1v) is 7.31. The molecule has 1 aromatic rings. The number of nitriles is 1. The predicted octanol–water partition coefficient (Wildman–Crippen LogP) is 3.26. The number of carboxylic acids is 1. The van der Waals surface area contributed by atoms with E-state index in [1.54, 1.807) is 0 Å². The highest BCUT2D eigenvalue weighted by Crippen LogP contribution is 2.59. The number of carbonyl (C=O) groups is 1. The average Bonchev–Trinajstić information content (AvgIpc) is 2.65. The molecule has 1 aromatic carbocycles. The summed E-state index contributed by atoms with van der Waals surface area (Å²) >= 11 is 0. The van der Waals surface area contributed by atoms with Crippen molar-refractivity contribution in [1.82, 2.24) is 0 Å². The van der Waals surface area contributed by atoms with E-state index in [4.69, 9.17) is 0 Å². The monoisotopic (exact) mass is 269 g/mol. The Balaban J connectivity index is 1.92. The number of rotatable bonds is 4. The Morgan fingerprint density at radius 3 is 2.35 bits per heavy atom. The summed E-state index contributed by atoms with van der Waals surface area (Å²) in [5.74, 6) is -0.541. The van der Waals surface area contributed by atoms with Crippen molar-refractivity contribution in [2.45, 2.75) is 32.1 Å². The molecular formula is C17H19NO2. The summed E-state index contributed by atoms with van der Waals surface area (Å²) in [7, 11) is 0. The molecule has 4 atom stereocenters. The molecule has 20 heavy (non-hydrogen) atoms. The van der Waals surface area contributed by atoms with Crippen LogP contribution in [0.3, 0.4) is 0 Å². The summed E-state index contributed by atoms with van der Waals surface area (Å²) in [6.45, 7) is 0. The van der Waals surface area contributed by atoms with E-state index in [1.807, 2.05) is 30.3 Å². The average molecular weight is 269 g/mol. The van der Waals surface area contributed by atoms with Gasteiger partial charge in [0.25, 0.3) is 0 Å². The summed E-state index contributed by atoms with van der Waals surface area (Å²) in [5, 5.41) is 18.8. The normalized spacial score (nSPS) is 32.8. The molecule has 0 aromatic heterocycles. The van der Waals surface area contributed by atoms with Crippen LogP contribution in [0.15, 0.2) is 30.3 Å². The van der Waals surface area contributed by atoms with E-state index in [0.717, 1.165) is 18.4 Å². The maximum atomic E-state index is 11.5. The Morgan fingerprint density at radius 1 is 1.30 bits per heavy atom. The molecule has 2 aliphatic carbocycles. The van der Waals surface area contributed by atoms with E-state index in [0.29, 0.717) is 18.3 Å². The van der Waals surface area contributed by atoms with Crippen molar-refractivity contribution in [3.63, 3.8) is 0 Å². The van der Waals surface area contributed by atoms with E-state index in [1.165, 1.54) is 12.8 Å². The van der Waals surface area contributed by atoms with E-state index in [9.17, 15) is 15.2 Å². The molecule has 3 rings (SSSR count). The Kier molecular flexibility index (Phi) is 3.25. The first-order valence-electron chi connectivity index (χ1n) is 7.31. The minimum absolute atomic E-state index is 0.367. The van der Waals surface area contributed by atoms with Crippen LogP contribution in [0.5, 0.6) is 0 Å². The van der Waals surface area contributed by atoms with Crippen molar-refractivity contribution < 1.29 is 9.90 Å². The number of hydrogen-bond acceptors (Lipinski definition) is 2. The third kappa shape index (κ3) is 2.10. The fourth-order valence-electron chi connectivity index (χ4n) is 4.24. The third-order valence-corrected chi connectivity index (χ3v) is 5.30. The zero-order valence-corrected chi connectivity index (χ0v) is 11.5. The smallest absolute Gasteiger partial charge is 0.321 e. The molecule has 104 valence electrons. The molecular weight excluding hydrogens is 250 g/mol. The van der Waals surface area contributed by atoms with Gasteiger partial charge >= 0.3 is 5.97 Å². The molecule has 2 aliphatic rings. The molecule has 2 saturated carbocycles. The van der Waals surface area contributed by atoms with Crippen molar-refractivity contribution in [3.05, 3.63) is 35.9 Å². The number of hydrogen-bond donors (Lipinski definition) is 1. The van der Waals surface area contributed by atoms with Crippen LogP contribution in [0.2, 0.25) is 0 Å². The van der Waals surface area contributed by atoms with Crippen molar-refractivity contribution >= 4 is 5.97 Å². The molecule has 0 spiro atoms. The molecule has 3 nitrogen and oxygen atoms in total. The second kappa shape index (κ2) is 4.94. The minimum Gasteiger partial charge on any atom is -0.480 e. The van der Waals surface area contributed by atoms with Crippen LogP contribution < -0.4 is 0 Å². The van der Waals surface area contributed by atoms with Gasteiger partial charge in [0, 0.05) is 5.41 Å². The van der Waals surface area contributed by atoms with E-state index in [2.05, 4.69) is 6.07 Å². The van der Waals surface area contributed by atoms with Gasteiger partial charge in [0.05, 0.1) is 6.07 Å². The van der Waals surface area contributed by atoms with Crippen LogP contribution in [-0.4, -0.2) is 11.1 Å². The van der Waals surface area contributed by atoms with E-state index >= 15 is 0 Å². The first kappa shape index (κ1) is 13.2. The number of aliphatic carboxylic acids is 1. The first-order chi connectivity index (χ1) is 9.64. The maximum Gasteiger partial charge on any atom is 0.321 e. The highest BCUT2D eigenvalue weighted by atomic mass is 16.4. The lowest BCUT2D eigenvalue weighted by molar-refractivity contribution is -0.143. The number of fused-ring (bicyclic) bond motifs is 1. The third-order valence-electron chi connectivity index (χ3n) is 5.30. The van der Waals surface area contributed by atoms with Gasteiger partial charge in [0.15, 0.2) is 0 Å². The number of nitrogens with zero attached hydrogens (tertiary/aromatic N) is 1. The highest BCUT2D eigenvalue weighted by Gasteiger charge is 2.54. The van der Waals surface area contributed by atoms with Gasteiger partial charge in [-0.3, -0.25) is 4.79 Å². The summed E-state index contributed by atoms with van der Waals surface area (Å²) < 4.78 is 0. The predicted molar refractivity (Wildman–Crippen MR) is 74.8 cm³/mol. The molecule has 0 aliphatic heterocycles. The Hall–Kier alpha value is -1.82. The van der Waals surface area contributed by atoms with Crippen molar-refractivity contribution in [3.8, 4) is 6.07 Å². The largest absolute Gasteiger partial charge is 0.480 e. The van der Waals surface area contributed by atoms with Crippen LogP contribution in [0.1, 0.15) is 31.2 Å². The Morgan fingerprint density at radius 2 is 1.90 bits per heavy atom. The van der Waals surface area contributed by atoms with Gasteiger partial charge in [-0.25, -0.2) is 0 Å². The standard InChI is InChI=1S/C17H19NO2/c18-11-15(16(19)20)17(8-12-4-2-1-3-5-12)9-13-6-7-14(13)10-17/h1-5,13-15H,6-10H2,(H,19,20)/t13-,14+,15?,17+. The molecule has 1 unspecified atom stereocenters. The number of benzene rings is 1. The van der Waals surface area contributed by atoms with Crippen molar-refractivity contribution in [2.24, 2.45) is 23.2 Å². The zero-order chi connectivity index (χ0) is 14.2. The van der Waals surface area contributed by atoms with Gasteiger partial charge in [-0.05, 0) is 49.5 Å². The lowest BCUT2D eigenvalue weighted by atomic mass is 9.70.